The minimum absolute atomic E-state index is 0.129. The van der Waals surface area contributed by atoms with Gasteiger partial charge in [0.05, 0.1) is 0 Å². The van der Waals surface area contributed by atoms with Gasteiger partial charge in [-0.05, 0) is 6.07 Å². The fraction of sp³-hybridized carbons (Fsp3) is 0. The van der Waals surface area contributed by atoms with Crippen molar-refractivity contribution in [2.75, 3.05) is 0 Å². The molecular weight excluding hydrogens is 160 g/mol. The zero-order valence-corrected chi connectivity index (χ0v) is 5.88. The smallest absolute Gasteiger partial charge is 0.360 e. The highest BCUT2D eigenvalue weighted by atomic mass is 16.4. The second-order valence-corrected chi connectivity index (χ2v) is 2.13. The van der Waals surface area contributed by atoms with Crippen LogP contribution in [-0.2, 0) is 0 Å². The van der Waals surface area contributed by atoms with Crippen molar-refractivity contribution in [2.45, 2.75) is 0 Å². The molecule has 0 aliphatic rings. The van der Waals surface area contributed by atoms with Crippen LogP contribution in [0.15, 0.2) is 18.5 Å². The molecule has 2 aromatic rings. The van der Waals surface area contributed by atoms with E-state index in [4.69, 9.17) is 5.11 Å². The summed E-state index contributed by atoms with van der Waals surface area (Å²) in [6.07, 6.45) is 3.08. The van der Waals surface area contributed by atoms with Gasteiger partial charge < -0.3 is 5.11 Å². The van der Waals surface area contributed by atoms with E-state index in [9.17, 15) is 4.79 Å². The summed E-state index contributed by atoms with van der Waals surface area (Å²) in [5, 5.41) is 15.6. The molecule has 6 heteroatoms. The van der Waals surface area contributed by atoms with E-state index in [0.29, 0.717) is 0 Å². The van der Waals surface area contributed by atoms with E-state index in [1.54, 1.807) is 12.3 Å². The Hall–Kier alpha value is -1.98. The van der Waals surface area contributed by atoms with E-state index in [1.807, 2.05) is 0 Å². The zero-order valence-electron chi connectivity index (χ0n) is 5.88. The maximum absolute atomic E-state index is 10.5. The maximum atomic E-state index is 10.5. The van der Waals surface area contributed by atoms with Crippen LogP contribution in [0.4, 0.5) is 0 Å². The Morgan fingerprint density at radius 2 is 2.42 bits per heavy atom. The first kappa shape index (κ1) is 6.71. The molecule has 0 unspecified atom stereocenters. The molecule has 0 saturated carbocycles. The van der Waals surface area contributed by atoms with E-state index in [0.717, 1.165) is 0 Å². The van der Waals surface area contributed by atoms with Crippen molar-refractivity contribution < 1.29 is 9.90 Å². The van der Waals surface area contributed by atoms with E-state index in [-0.39, 0.29) is 11.3 Å². The third kappa shape index (κ3) is 0.815. The maximum Gasteiger partial charge on any atom is 0.360 e. The molecule has 0 saturated heterocycles. The van der Waals surface area contributed by atoms with Gasteiger partial charge in [0.1, 0.15) is 0 Å². The molecule has 0 atom stereocenters. The number of aromatic carboxylic acids is 1. The van der Waals surface area contributed by atoms with E-state index in [2.05, 4.69) is 15.3 Å². The first-order valence-corrected chi connectivity index (χ1v) is 3.18. The third-order valence-electron chi connectivity index (χ3n) is 1.38. The van der Waals surface area contributed by atoms with Gasteiger partial charge >= 0.3 is 5.97 Å². The van der Waals surface area contributed by atoms with Gasteiger partial charge in [0.2, 0.25) is 5.69 Å². The summed E-state index contributed by atoms with van der Waals surface area (Å²) in [7, 11) is 0. The molecule has 0 fully saturated rings. The summed E-state index contributed by atoms with van der Waals surface area (Å²) in [4.78, 5) is 14.3. The third-order valence-corrected chi connectivity index (χ3v) is 1.38. The summed E-state index contributed by atoms with van der Waals surface area (Å²) in [6, 6.07) is 1.65. The van der Waals surface area contributed by atoms with Crippen molar-refractivity contribution in [3.05, 3.63) is 24.2 Å². The Morgan fingerprint density at radius 3 is 3.17 bits per heavy atom. The monoisotopic (exact) mass is 164 g/mol. The number of rotatable bonds is 1. The number of hydrogen-bond acceptors (Lipinski definition) is 4. The molecule has 1 N–H and O–H groups in total. The summed E-state index contributed by atoms with van der Waals surface area (Å²) < 4.78 is 1.31. The van der Waals surface area contributed by atoms with E-state index in [1.165, 1.54) is 10.7 Å². The molecule has 0 bridgehead atoms. The fourth-order valence-electron chi connectivity index (χ4n) is 0.881. The second-order valence-electron chi connectivity index (χ2n) is 2.13. The lowest BCUT2D eigenvalue weighted by molar-refractivity contribution is 0.0692. The first-order valence-electron chi connectivity index (χ1n) is 3.18. The topological polar surface area (TPSA) is 80.4 Å². The summed E-state index contributed by atoms with van der Waals surface area (Å²) in [5.41, 5.74) is 0.126. The number of carboxylic acids is 1. The average Bonchev–Trinajstić information content (AvgIpc) is 2.47. The lowest BCUT2D eigenvalue weighted by Gasteiger charge is -1.87. The van der Waals surface area contributed by atoms with Gasteiger partial charge in [-0.1, -0.05) is 5.21 Å². The van der Waals surface area contributed by atoms with Crippen molar-refractivity contribution in [3.8, 4) is 0 Å². The first-order chi connectivity index (χ1) is 5.79. The van der Waals surface area contributed by atoms with Gasteiger partial charge in [-0.25, -0.2) is 14.3 Å². The number of carboxylic acid groups (broad SMARTS) is 1. The van der Waals surface area contributed by atoms with Crippen molar-refractivity contribution in [1.82, 2.24) is 19.8 Å². The molecule has 0 radical (unpaired) electrons. The largest absolute Gasteiger partial charge is 0.476 e. The Morgan fingerprint density at radius 1 is 1.58 bits per heavy atom. The van der Waals surface area contributed by atoms with Crippen LogP contribution in [0.2, 0.25) is 0 Å². The van der Waals surface area contributed by atoms with Gasteiger partial charge in [-0.15, -0.1) is 5.10 Å². The lowest BCUT2D eigenvalue weighted by atomic mass is 10.4. The molecule has 6 nitrogen and oxygen atoms in total. The predicted molar refractivity (Wildman–Crippen MR) is 37.7 cm³/mol. The van der Waals surface area contributed by atoms with Gasteiger partial charge in [0.25, 0.3) is 0 Å². The van der Waals surface area contributed by atoms with Crippen LogP contribution in [0.5, 0.6) is 0 Å². The number of aromatic nitrogens is 4. The number of nitrogens with zero attached hydrogens (tertiary/aromatic N) is 4. The molecule has 0 aromatic carbocycles. The Bertz CT molecular complexity index is 436. The molecule has 0 spiro atoms. The van der Waals surface area contributed by atoms with Crippen LogP contribution in [0.1, 0.15) is 10.5 Å². The molecule has 0 aliphatic heterocycles. The number of carbonyl (C=O) groups is 1. The molecular formula is C6H4N4O2. The van der Waals surface area contributed by atoms with Crippen LogP contribution in [0, 0.1) is 0 Å². The Labute approximate surface area is 66.5 Å². The standard InChI is InChI=1S/C6H4N4O2/c11-6(12)4-5-7-2-1-3-10(5)9-8-4/h1-3H,(H,11,12). The van der Waals surface area contributed by atoms with Crippen LogP contribution in [-0.4, -0.2) is 30.9 Å². The van der Waals surface area contributed by atoms with Crippen molar-refractivity contribution in [2.24, 2.45) is 0 Å². The molecule has 2 rings (SSSR count). The Kier molecular flexibility index (Phi) is 1.26. The molecule has 60 valence electrons. The normalized spacial score (nSPS) is 10.3. The molecule has 12 heavy (non-hydrogen) atoms. The van der Waals surface area contributed by atoms with Crippen molar-refractivity contribution >= 4 is 11.6 Å². The SMILES string of the molecule is O=C(O)c1nnn2cccnc12. The van der Waals surface area contributed by atoms with Crippen LogP contribution < -0.4 is 0 Å². The summed E-state index contributed by atoms with van der Waals surface area (Å²) in [5.74, 6) is -1.12. The van der Waals surface area contributed by atoms with Crippen molar-refractivity contribution in [3.63, 3.8) is 0 Å². The zero-order chi connectivity index (χ0) is 8.55. The number of hydrogen-bond donors (Lipinski definition) is 1. The fourth-order valence-corrected chi connectivity index (χ4v) is 0.881. The van der Waals surface area contributed by atoms with Crippen molar-refractivity contribution in [1.29, 1.82) is 0 Å². The second kappa shape index (κ2) is 2.26. The highest BCUT2D eigenvalue weighted by Crippen LogP contribution is 2.01. The summed E-state index contributed by atoms with van der Waals surface area (Å²) in [6.45, 7) is 0. The minimum Gasteiger partial charge on any atom is -0.476 e. The molecule has 2 heterocycles. The summed E-state index contributed by atoms with van der Waals surface area (Å²) >= 11 is 0. The number of fused-ring (bicyclic) bond motifs is 1. The van der Waals surface area contributed by atoms with Gasteiger partial charge in [-0.3, -0.25) is 0 Å². The van der Waals surface area contributed by atoms with Gasteiger partial charge in [0, 0.05) is 12.4 Å². The highest BCUT2D eigenvalue weighted by molar-refractivity contribution is 5.91. The molecule has 0 amide bonds. The van der Waals surface area contributed by atoms with Crippen LogP contribution in [0.25, 0.3) is 5.65 Å². The average molecular weight is 164 g/mol. The quantitative estimate of drug-likeness (QED) is 0.632. The van der Waals surface area contributed by atoms with Gasteiger partial charge in [-0.2, -0.15) is 0 Å². The predicted octanol–water partition coefficient (Wildman–Crippen LogP) is -0.178. The highest BCUT2D eigenvalue weighted by Gasteiger charge is 2.13. The van der Waals surface area contributed by atoms with Crippen LogP contribution >= 0.6 is 0 Å². The lowest BCUT2D eigenvalue weighted by Crippen LogP contribution is -1.98. The van der Waals surface area contributed by atoms with E-state index < -0.39 is 5.97 Å². The van der Waals surface area contributed by atoms with Crippen LogP contribution in [0.3, 0.4) is 0 Å². The Balaban J connectivity index is 2.79. The van der Waals surface area contributed by atoms with E-state index >= 15 is 0 Å². The van der Waals surface area contributed by atoms with Gasteiger partial charge in [0.15, 0.2) is 5.65 Å². The minimum atomic E-state index is -1.12. The molecule has 0 aliphatic carbocycles. The molecule has 2 aromatic heterocycles.